The fraction of sp³-hybridized carbons (Fsp3) is 0.600. The minimum Gasteiger partial charge on any atom is -0.481 e. The lowest BCUT2D eigenvalue weighted by Gasteiger charge is -2.16. The highest BCUT2D eigenvalue weighted by Crippen LogP contribution is 2.25. The molecule has 1 aromatic heterocycles. The highest BCUT2D eigenvalue weighted by Gasteiger charge is 2.44. The minimum absolute atomic E-state index is 0.269. The number of carbonyl (C=O) groups is 1. The zero-order valence-electron chi connectivity index (χ0n) is 9.74. The SMILES string of the molecule is Cn1cc(CCNCC(C(=O)O)C(F)(F)F)cn1. The Hall–Kier alpha value is -1.57. The molecule has 5 nitrogen and oxygen atoms in total. The maximum atomic E-state index is 12.3. The topological polar surface area (TPSA) is 67.2 Å². The Bertz CT molecular complexity index is 403. The molecule has 18 heavy (non-hydrogen) atoms. The van der Waals surface area contributed by atoms with Crippen molar-refractivity contribution in [2.45, 2.75) is 12.6 Å². The van der Waals surface area contributed by atoms with Gasteiger partial charge in [0.05, 0.1) is 6.20 Å². The van der Waals surface area contributed by atoms with Gasteiger partial charge < -0.3 is 10.4 Å². The Kier molecular flexibility index (Phi) is 4.71. The van der Waals surface area contributed by atoms with E-state index in [4.69, 9.17) is 5.11 Å². The highest BCUT2D eigenvalue weighted by atomic mass is 19.4. The number of rotatable bonds is 6. The highest BCUT2D eigenvalue weighted by molar-refractivity contribution is 5.71. The van der Waals surface area contributed by atoms with Crippen LogP contribution in [0.25, 0.3) is 0 Å². The maximum absolute atomic E-state index is 12.3. The molecule has 2 N–H and O–H groups in total. The quantitative estimate of drug-likeness (QED) is 0.747. The van der Waals surface area contributed by atoms with Crippen molar-refractivity contribution in [3.05, 3.63) is 18.0 Å². The molecule has 8 heteroatoms. The molecular formula is C10H14F3N3O2. The number of alkyl halides is 3. The molecule has 0 bridgehead atoms. The number of aryl methyl sites for hydroxylation is 1. The molecule has 1 aromatic rings. The third-order valence-electron chi connectivity index (χ3n) is 2.39. The Morgan fingerprint density at radius 1 is 1.61 bits per heavy atom. The molecule has 1 atom stereocenters. The maximum Gasteiger partial charge on any atom is 0.403 e. The number of aliphatic carboxylic acids is 1. The van der Waals surface area contributed by atoms with Gasteiger partial charge in [-0.05, 0) is 18.5 Å². The van der Waals surface area contributed by atoms with Crippen LogP contribution in [0.2, 0.25) is 0 Å². The Morgan fingerprint density at radius 3 is 2.72 bits per heavy atom. The van der Waals surface area contributed by atoms with Crippen molar-refractivity contribution in [1.29, 1.82) is 0 Å². The molecule has 0 fully saturated rings. The van der Waals surface area contributed by atoms with Gasteiger partial charge in [0.15, 0.2) is 5.92 Å². The Morgan fingerprint density at radius 2 is 2.28 bits per heavy atom. The molecule has 0 saturated carbocycles. The first-order valence-electron chi connectivity index (χ1n) is 5.28. The van der Waals surface area contributed by atoms with E-state index in [1.807, 2.05) is 0 Å². The van der Waals surface area contributed by atoms with Crippen molar-refractivity contribution < 1.29 is 23.1 Å². The first kappa shape index (κ1) is 14.5. The van der Waals surface area contributed by atoms with Crippen molar-refractivity contribution >= 4 is 5.97 Å². The first-order valence-corrected chi connectivity index (χ1v) is 5.28. The summed E-state index contributed by atoms with van der Waals surface area (Å²) in [5.74, 6) is -4.23. The number of carboxylic acids is 1. The number of hydrogen-bond donors (Lipinski definition) is 2. The second-order valence-corrected chi connectivity index (χ2v) is 3.91. The van der Waals surface area contributed by atoms with Gasteiger partial charge in [-0.1, -0.05) is 0 Å². The van der Waals surface area contributed by atoms with Crippen LogP contribution < -0.4 is 5.32 Å². The lowest BCUT2D eigenvalue weighted by Crippen LogP contribution is -2.39. The molecule has 0 radical (unpaired) electrons. The normalized spacial score (nSPS) is 13.6. The van der Waals surface area contributed by atoms with Gasteiger partial charge in [0.1, 0.15) is 0 Å². The molecule has 0 aliphatic rings. The van der Waals surface area contributed by atoms with Crippen LogP contribution in [0.1, 0.15) is 5.56 Å². The fourth-order valence-corrected chi connectivity index (χ4v) is 1.42. The molecule has 1 heterocycles. The van der Waals surface area contributed by atoms with Crippen LogP contribution >= 0.6 is 0 Å². The molecular weight excluding hydrogens is 251 g/mol. The average molecular weight is 265 g/mol. The number of nitrogens with one attached hydrogen (secondary N) is 1. The molecule has 0 spiro atoms. The summed E-state index contributed by atoms with van der Waals surface area (Å²) in [6.45, 7) is -0.356. The second kappa shape index (κ2) is 5.85. The van der Waals surface area contributed by atoms with Crippen molar-refractivity contribution in [3.63, 3.8) is 0 Å². The van der Waals surface area contributed by atoms with Gasteiger partial charge in [0.25, 0.3) is 0 Å². The molecule has 0 amide bonds. The zero-order valence-corrected chi connectivity index (χ0v) is 9.74. The summed E-state index contributed by atoms with van der Waals surface area (Å²) in [5, 5.41) is 14.9. The van der Waals surface area contributed by atoms with Crippen molar-refractivity contribution in [2.75, 3.05) is 13.1 Å². The zero-order chi connectivity index (χ0) is 13.8. The summed E-state index contributed by atoms with van der Waals surface area (Å²) < 4.78 is 38.5. The lowest BCUT2D eigenvalue weighted by molar-refractivity contribution is -0.192. The monoisotopic (exact) mass is 265 g/mol. The molecule has 0 aromatic carbocycles. The van der Waals surface area contributed by atoms with Crippen LogP contribution in [0, 0.1) is 5.92 Å². The van der Waals surface area contributed by atoms with Crippen molar-refractivity contribution in [3.8, 4) is 0 Å². The minimum atomic E-state index is -4.73. The van der Waals surface area contributed by atoms with E-state index in [-0.39, 0.29) is 6.54 Å². The standard InChI is InChI=1S/C10H14F3N3O2/c1-16-6-7(4-15-16)2-3-14-5-8(9(17)18)10(11,12)13/h4,6,8,14H,2-3,5H2,1H3,(H,17,18). The van der Waals surface area contributed by atoms with Gasteiger partial charge in [-0.25, -0.2) is 0 Å². The van der Waals surface area contributed by atoms with Gasteiger partial charge >= 0.3 is 12.1 Å². The van der Waals surface area contributed by atoms with Crippen LogP contribution in [0.5, 0.6) is 0 Å². The van der Waals surface area contributed by atoms with Crippen LogP contribution in [-0.2, 0) is 18.3 Å². The van der Waals surface area contributed by atoms with E-state index >= 15 is 0 Å². The van der Waals surface area contributed by atoms with E-state index in [1.54, 1.807) is 24.1 Å². The van der Waals surface area contributed by atoms with Gasteiger partial charge in [-0.2, -0.15) is 18.3 Å². The summed E-state index contributed by atoms with van der Waals surface area (Å²) >= 11 is 0. The third kappa shape index (κ3) is 4.36. The molecule has 1 unspecified atom stereocenters. The largest absolute Gasteiger partial charge is 0.481 e. The van der Waals surface area contributed by atoms with Crippen LogP contribution in [-0.4, -0.2) is 40.1 Å². The average Bonchev–Trinajstić information content (AvgIpc) is 2.61. The molecule has 1 rings (SSSR count). The van der Waals surface area contributed by atoms with Crippen molar-refractivity contribution in [1.82, 2.24) is 15.1 Å². The van der Waals surface area contributed by atoms with Gasteiger partial charge in [-0.3, -0.25) is 9.48 Å². The Labute approximate surface area is 102 Å². The fourth-order valence-electron chi connectivity index (χ4n) is 1.42. The van der Waals surface area contributed by atoms with Gasteiger partial charge in [0, 0.05) is 19.8 Å². The van der Waals surface area contributed by atoms with Gasteiger partial charge in [-0.15, -0.1) is 0 Å². The molecule has 0 aliphatic heterocycles. The van der Waals surface area contributed by atoms with Gasteiger partial charge in [0.2, 0.25) is 0 Å². The summed E-state index contributed by atoms with van der Waals surface area (Å²) in [4.78, 5) is 10.4. The Balaban J connectivity index is 2.34. The first-order chi connectivity index (χ1) is 8.30. The van der Waals surface area contributed by atoms with Crippen molar-refractivity contribution in [2.24, 2.45) is 13.0 Å². The number of hydrogen-bond acceptors (Lipinski definition) is 3. The van der Waals surface area contributed by atoms with E-state index < -0.39 is 24.6 Å². The lowest BCUT2D eigenvalue weighted by atomic mass is 10.1. The summed E-state index contributed by atoms with van der Waals surface area (Å²) in [5.41, 5.74) is 0.879. The van der Waals surface area contributed by atoms with E-state index in [0.29, 0.717) is 6.42 Å². The van der Waals surface area contributed by atoms with E-state index in [0.717, 1.165) is 5.56 Å². The number of nitrogens with zero attached hydrogens (tertiary/aromatic N) is 2. The predicted octanol–water partition coefficient (Wildman–Crippen LogP) is 0.815. The molecule has 0 aliphatic carbocycles. The van der Waals surface area contributed by atoms with Crippen LogP contribution in [0.4, 0.5) is 13.2 Å². The summed E-state index contributed by atoms with van der Waals surface area (Å²) in [6.07, 6.45) is -0.870. The van der Waals surface area contributed by atoms with Crippen LogP contribution in [0.15, 0.2) is 12.4 Å². The number of halogens is 3. The van der Waals surface area contributed by atoms with E-state index in [9.17, 15) is 18.0 Å². The van der Waals surface area contributed by atoms with E-state index in [1.165, 1.54) is 0 Å². The predicted molar refractivity (Wildman–Crippen MR) is 57.0 cm³/mol. The number of carboxylic acid groups (broad SMARTS) is 1. The smallest absolute Gasteiger partial charge is 0.403 e. The second-order valence-electron chi connectivity index (χ2n) is 3.91. The van der Waals surface area contributed by atoms with Crippen LogP contribution in [0.3, 0.4) is 0 Å². The summed E-state index contributed by atoms with van der Waals surface area (Å²) in [6, 6.07) is 0. The summed E-state index contributed by atoms with van der Waals surface area (Å²) in [7, 11) is 1.74. The molecule has 0 saturated heterocycles. The van der Waals surface area contributed by atoms with E-state index in [2.05, 4.69) is 10.4 Å². The third-order valence-corrected chi connectivity index (χ3v) is 2.39. The molecule has 102 valence electrons. The number of aromatic nitrogens is 2.